The maximum absolute atomic E-state index is 8.89. The summed E-state index contributed by atoms with van der Waals surface area (Å²) >= 11 is 0. The van der Waals surface area contributed by atoms with Crippen molar-refractivity contribution in [2.24, 2.45) is 0 Å². The third kappa shape index (κ3) is 0.944. The van der Waals surface area contributed by atoms with Gasteiger partial charge in [0.25, 0.3) is 0 Å². The lowest BCUT2D eigenvalue weighted by Crippen LogP contribution is -2.44. The van der Waals surface area contributed by atoms with E-state index in [1.807, 2.05) is 0 Å². The van der Waals surface area contributed by atoms with E-state index in [1.54, 1.807) is 0 Å². The van der Waals surface area contributed by atoms with Gasteiger partial charge in [-0.05, 0) is 6.42 Å². The minimum absolute atomic E-state index is 0.243. The number of aliphatic hydroxyl groups is 1. The molecule has 0 aromatic carbocycles. The SMILES string of the molecule is OC[C@@H]1CO[C@H]2CCN1C2. The molecule has 2 fully saturated rings. The van der Waals surface area contributed by atoms with Crippen molar-refractivity contribution in [3.63, 3.8) is 0 Å². The highest BCUT2D eigenvalue weighted by Crippen LogP contribution is 2.20. The number of rotatable bonds is 1. The third-order valence-corrected chi connectivity index (χ3v) is 2.43. The molecule has 2 aliphatic rings. The van der Waals surface area contributed by atoms with Crippen LogP contribution in [0.1, 0.15) is 6.42 Å². The van der Waals surface area contributed by atoms with Crippen LogP contribution in [0.15, 0.2) is 0 Å². The Labute approximate surface area is 60.6 Å². The topological polar surface area (TPSA) is 32.7 Å². The Morgan fingerprint density at radius 3 is 3.30 bits per heavy atom. The van der Waals surface area contributed by atoms with Crippen LogP contribution in [0.25, 0.3) is 0 Å². The Morgan fingerprint density at radius 1 is 1.60 bits per heavy atom. The second-order valence-corrected chi connectivity index (χ2v) is 3.08. The van der Waals surface area contributed by atoms with Crippen LogP contribution in [-0.2, 0) is 4.74 Å². The van der Waals surface area contributed by atoms with E-state index in [0.29, 0.717) is 6.10 Å². The molecule has 2 bridgehead atoms. The Morgan fingerprint density at radius 2 is 2.50 bits per heavy atom. The van der Waals surface area contributed by atoms with Crippen LogP contribution in [0.3, 0.4) is 0 Å². The van der Waals surface area contributed by atoms with Crippen LogP contribution in [-0.4, -0.2) is 48.5 Å². The first-order chi connectivity index (χ1) is 4.90. The van der Waals surface area contributed by atoms with Crippen LogP contribution >= 0.6 is 0 Å². The molecular weight excluding hydrogens is 130 g/mol. The molecule has 2 aliphatic heterocycles. The van der Waals surface area contributed by atoms with Crippen LogP contribution in [0, 0.1) is 0 Å². The molecule has 1 unspecified atom stereocenters. The molecule has 58 valence electrons. The number of nitrogens with zero attached hydrogens (tertiary/aromatic N) is 1. The number of aliphatic hydroxyl groups excluding tert-OH is 1. The number of hydrogen-bond acceptors (Lipinski definition) is 3. The lowest BCUT2D eigenvalue weighted by atomic mass is 10.2. The summed E-state index contributed by atoms with van der Waals surface area (Å²) in [6.45, 7) is 3.11. The van der Waals surface area contributed by atoms with E-state index in [4.69, 9.17) is 9.84 Å². The second kappa shape index (κ2) is 2.49. The zero-order valence-corrected chi connectivity index (χ0v) is 5.99. The number of hydrogen-bond donors (Lipinski definition) is 1. The first kappa shape index (κ1) is 6.58. The smallest absolute Gasteiger partial charge is 0.0715 e. The predicted molar refractivity (Wildman–Crippen MR) is 36.8 cm³/mol. The van der Waals surface area contributed by atoms with Crippen LogP contribution in [0.5, 0.6) is 0 Å². The van der Waals surface area contributed by atoms with E-state index < -0.39 is 0 Å². The van der Waals surface area contributed by atoms with Crippen molar-refractivity contribution in [1.29, 1.82) is 0 Å². The average Bonchev–Trinajstić information content (AvgIpc) is 2.34. The lowest BCUT2D eigenvalue weighted by molar-refractivity contribution is -0.0327. The summed E-state index contributed by atoms with van der Waals surface area (Å²) < 4.78 is 5.47. The Bertz CT molecular complexity index is 129. The van der Waals surface area contributed by atoms with Crippen LogP contribution in [0.4, 0.5) is 0 Å². The maximum atomic E-state index is 8.89. The molecule has 0 radical (unpaired) electrons. The molecule has 2 saturated heterocycles. The quantitative estimate of drug-likeness (QED) is 0.534. The number of ether oxygens (including phenoxy) is 1. The number of morpholine rings is 1. The second-order valence-electron chi connectivity index (χ2n) is 3.08. The molecule has 3 heteroatoms. The van der Waals surface area contributed by atoms with Crippen molar-refractivity contribution in [3.05, 3.63) is 0 Å². The first-order valence-electron chi connectivity index (χ1n) is 3.86. The zero-order chi connectivity index (χ0) is 6.97. The normalized spacial score (nSPS) is 45.9. The molecule has 0 spiro atoms. The molecule has 0 saturated carbocycles. The molecule has 1 N–H and O–H groups in total. The van der Waals surface area contributed by atoms with Gasteiger partial charge >= 0.3 is 0 Å². The minimum atomic E-state index is 0.243. The first-order valence-corrected chi connectivity index (χ1v) is 3.86. The van der Waals surface area contributed by atoms with Crippen molar-refractivity contribution in [2.45, 2.75) is 18.6 Å². The van der Waals surface area contributed by atoms with E-state index >= 15 is 0 Å². The fourth-order valence-corrected chi connectivity index (χ4v) is 1.74. The van der Waals surface area contributed by atoms with Crippen LogP contribution < -0.4 is 0 Å². The lowest BCUT2D eigenvalue weighted by Gasteiger charge is -2.30. The Hall–Kier alpha value is -0.120. The summed E-state index contributed by atoms with van der Waals surface area (Å²) in [4.78, 5) is 2.31. The summed E-state index contributed by atoms with van der Waals surface area (Å²) in [5.41, 5.74) is 0. The minimum Gasteiger partial charge on any atom is -0.395 e. The largest absolute Gasteiger partial charge is 0.395 e. The van der Waals surface area contributed by atoms with E-state index in [-0.39, 0.29) is 12.6 Å². The van der Waals surface area contributed by atoms with Crippen molar-refractivity contribution in [1.82, 2.24) is 4.90 Å². The molecule has 0 aromatic heterocycles. The van der Waals surface area contributed by atoms with Gasteiger partial charge in [-0.3, -0.25) is 4.90 Å². The van der Waals surface area contributed by atoms with Gasteiger partial charge in [-0.25, -0.2) is 0 Å². The molecule has 0 aliphatic carbocycles. The van der Waals surface area contributed by atoms with Gasteiger partial charge in [0.1, 0.15) is 0 Å². The van der Waals surface area contributed by atoms with E-state index in [9.17, 15) is 0 Å². The summed E-state index contributed by atoms with van der Waals surface area (Å²) in [7, 11) is 0. The van der Waals surface area contributed by atoms with Crippen molar-refractivity contribution in [2.75, 3.05) is 26.3 Å². The molecule has 10 heavy (non-hydrogen) atoms. The molecule has 3 atom stereocenters. The van der Waals surface area contributed by atoms with Gasteiger partial charge in [0.2, 0.25) is 0 Å². The molecule has 0 amide bonds. The predicted octanol–water partition coefficient (Wildman–Crippen LogP) is -0.548. The average molecular weight is 143 g/mol. The summed E-state index contributed by atoms with van der Waals surface area (Å²) in [6.07, 6.45) is 1.61. The molecule has 2 rings (SSSR count). The van der Waals surface area contributed by atoms with Crippen LogP contribution in [0.2, 0.25) is 0 Å². The van der Waals surface area contributed by atoms with Gasteiger partial charge in [0, 0.05) is 13.1 Å². The summed E-state index contributed by atoms with van der Waals surface area (Å²) in [5.74, 6) is 0. The van der Waals surface area contributed by atoms with Crippen molar-refractivity contribution < 1.29 is 9.84 Å². The van der Waals surface area contributed by atoms with E-state index in [1.165, 1.54) is 0 Å². The van der Waals surface area contributed by atoms with Gasteiger partial charge in [-0.2, -0.15) is 0 Å². The molecule has 3 nitrogen and oxygen atoms in total. The fraction of sp³-hybridized carbons (Fsp3) is 1.00. The van der Waals surface area contributed by atoms with Gasteiger partial charge in [0.15, 0.2) is 0 Å². The number of fused-ring (bicyclic) bond motifs is 2. The molecular formula is C7H13NO2. The summed E-state index contributed by atoms with van der Waals surface area (Å²) in [5, 5.41) is 8.89. The molecule has 0 aromatic rings. The van der Waals surface area contributed by atoms with E-state index in [0.717, 1.165) is 26.1 Å². The van der Waals surface area contributed by atoms with Gasteiger partial charge in [-0.1, -0.05) is 0 Å². The van der Waals surface area contributed by atoms with Gasteiger partial charge < -0.3 is 9.84 Å². The Kier molecular flexibility index (Phi) is 1.64. The third-order valence-electron chi connectivity index (χ3n) is 2.43. The zero-order valence-electron chi connectivity index (χ0n) is 5.99. The highest BCUT2D eigenvalue weighted by Gasteiger charge is 2.33. The van der Waals surface area contributed by atoms with Gasteiger partial charge in [0.05, 0.1) is 25.4 Å². The highest BCUT2D eigenvalue weighted by atomic mass is 16.5. The fourth-order valence-electron chi connectivity index (χ4n) is 1.74. The van der Waals surface area contributed by atoms with Gasteiger partial charge in [-0.15, -0.1) is 0 Å². The van der Waals surface area contributed by atoms with Crippen molar-refractivity contribution >= 4 is 0 Å². The maximum Gasteiger partial charge on any atom is 0.0715 e. The summed E-state index contributed by atoms with van der Waals surface area (Å²) in [6, 6.07) is 0.277. The highest BCUT2D eigenvalue weighted by molar-refractivity contribution is 4.86. The monoisotopic (exact) mass is 143 g/mol. The standard InChI is InChI=1S/C7H13NO2/c9-4-6-5-10-7-1-2-8(6)3-7/h6-7,9H,1-5H2/t6-,7+/m1/s1. The Balaban J connectivity index is 2.00. The molecule has 2 heterocycles. The van der Waals surface area contributed by atoms with E-state index in [2.05, 4.69) is 4.90 Å². The van der Waals surface area contributed by atoms with Crippen molar-refractivity contribution in [3.8, 4) is 0 Å².